The second-order valence-electron chi connectivity index (χ2n) is 7.63. The van der Waals surface area contributed by atoms with E-state index in [0.29, 0.717) is 11.7 Å². The van der Waals surface area contributed by atoms with Crippen LogP contribution in [0.2, 0.25) is 0 Å². The van der Waals surface area contributed by atoms with Crippen molar-refractivity contribution in [2.24, 2.45) is 0 Å². The highest BCUT2D eigenvalue weighted by Gasteiger charge is 2.33. The van der Waals surface area contributed by atoms with Crippen LogP contribution < -0.4 is 4.90 Å². The van der Waals surface area contributed by atoms with Crippen LogP contribution in [0.4, 0.5) is 5.69 Å². The Bertz CT molecular complexity index is 620. The molecule has 0 saturated carbocycles. The van der Waals surface area contributed by atoms with Gasteiger partial charge in [-0.05, 0) is 38.8 Å². The lowest BCUT2D eigenvalue weighted by Crippen LogP contribution is -2.45. The molecule has 1 aromatic heterocycles. The average Bonchev–Trinajstić information content (AvgIpc) is 2.94. The number of pyridine rings is 1. The molecule has 6 heteroatoms. The molecule has 6 nitrogen and oxygen atoms in total. The second-order valence-corrected chi connectivity index (χ2v) is 7.63. The average molecular weight is 344 g/mol. The lowest BCUT2D eigenvalue weighted by atomic mass is 10.0. The van der Waals surface area contributed by atoms with Gasteiger partial charge in [0, 0.05) is 57.2 Å². The van der Waals surface area contributed by atoms with E-state index in [4.69, 9.17) is 4.74 Å². The molecule has 5 rings (SSSR count). The maximum atomic E-state index is 13.1. The zero-order valence-corrected chi connectivity index (χ0v) is 15.2. The maximum absolute atomic E-state index is 13.1. The van der Waals surface area contributed by atoms with Crippen LogP contribution in [0.15, 0.2) is 18.3 Å². The summed E-state index contributed by atoms with van der Waals surface area (Å²) in [5.41, 5.74) is 1.65. The van der Waals surface area contributed by atoms with Crippen LogP contribution >= 0.6 is 0 Å². The molecule has 4 saturated heterocycles. The van der Waals surface area contributed by atoms with E-state index in [1.54, 1.807) is 6.20 Å². The number of ether oxygens (including phenoxy) is 1. The van der Waals surface area contributed by atoms with Crippen LogP contribution in [0, 0.1) is 0 Å². The molecule has 0 aliphatic carbocycles. The minimum atomic E-state index is 0.0879. The molecular formula is C19H28N4O2. The molecule has 0 radical (unpaired) electrons. The number of nitrogens with zero attached hydrogens (tertiary/aromatic N) is 4. The largest absolute Gasteiger partial charge is 0.372 e. The van der Waals surface area contributed by atoms with Crippen molar-refractivity contribution in [3.8, 4) is 0 Å². The summed E-state index contributed by atoms with van der Waals surface area (Å²) in [5, 5.41) is 0. The zero-order valence-electron chi connectivity index (χ0n) is 15.2. The Hall–Kier alpha value is -1.66. The van der Waals surface area contributed by atoms with Gasteiger partial charge in [0.05, 0.1) is 12.2 Å². The number of hydrogen-bond acceptors (Lipinski definition) is 5. The fourth-order valence-electron chi connectivity index (χ4n) is 4.42. The van der Waals surface area contributed by atoms with Crippen molar-refractivity contribution in [1.82, 2.24) is 14.8 Å². The molecule has 0 aromatic carbocycles. The van der Waals surface area contributed by atoms with Crippen LogP contribution in [-0.4, -0.2) is 78.2 Å². The summed E-state index contributed by atoms with van der Waals surface area (Å²) in [6.45, 7) is 9.93. The predicted molar refractivity (Wildman–Crippen MR) is 97.0 cm³/mol. The van der Waals surface area contributed by atoms with Crippen LogP contribution in [0.1, 0.15) is 37.2 Å². The minimum absolute atomic E-state index is 0.0879. The molecule has 4 aliphatic rings. The number of morpholine rings is 1. The molecular weight excluding hydrogens is 316 g/mol. The van der Waals surface area contributed by atoms with Crippen molar-refractivity contribution in [1.29, 1.82) is 0 Å². The SMILES string of the molecule is C[C@H]1CN(c2ccnc(C(=O)N3CCN4CCC3CC4)c2)C[C@H](C)O1. The Balaban J connectivity index is 1.53. The Labute approximate surface area is 149 Å². The van der Waals surface area contributed by atoms with Crippen molar-refractivity contribution in [2.75, 3.05) is 44.2 Å². The van der Waals surface area contributed by atoms with E-state index in [2.05, 4.69) is 33.5 Å². The Morgan fingerprint density at radius 3 is 2.56 bits per heavy atom. The summed E-state index contributed by atoms with van der Waals surface area (Å²) < 4.78 is 5.82. The number of piperidine rings is 1. The van der Waals surface area contributed by atoms with E-state index in [1.807, 2.05) is 12.1 Å². The highest BCUT2D eigenvalue weighted by molar-refractivity contribution is 5.93. The Morgan fingerprint density at radius 1 is 1.12 bits per heavy atom. The third-order valence-electron chi connectivity index (χ3n) is 5.66. The molecule has 136 valence electrons. The van der Waals surface area contributed by atoms with Gasteiger partial charge in [0.2, 0.25) is 0 Å². The zero-order chi connectivity index (χ0) is 17.4. The Kier molecular flexibility index (Phi) is 4.65. The molecule has 4 aliphatic heterocycles. The number of amides is 1. The first-order valence-electron chi connectivity index (χ1n) is 9.50. The van der Waals surface area contributed by atoms with E-state index in [0.717, 1.165) is 57.8 Å². The molecule has 1 amide bonds. The van der Waals surface area contributed by atoms with Gasteiger partial charge in [-0.25, -0.2) is 0 Å². The first kappa shape index (κ1) is 16.8. The quantitative estimate of drug-likeness (QED) is 0.816. The van der Waals surface area contributed by atoms with Crippen LogP contribution in [0.5, 0.6) is 0 Å². The summed E-state index contributed by atoms with van der Waals surface area (Å²) in [6, 6.07) is 4.34. The summed E-state index contributed by atoms with van der Waals surface area (Å²) in [7, 11) is 0. The number of anilines is 1. The first-order chi connectivity index (χ1) is 12.1. The summed E-state index contributed by atoms with van der Waals surface area (Å²) in [5.74, 6) is 0.0879. The maximum Gasteiger partial charge on any atom is 0.272 e. The fourth-order valence-corrected chi connectivity index (χ4v) is 4.42. The summed E-state index contributed by atoms with van der Waals surface area (Å²) in [4.78, 5) is 24.3. The van der Waals surface area contributed by atoms with Crippen LogP contribution in [-0.2, 0) is 4.74 Å². The highest BCUT2D eigenvalue weighted by Crippen LogP contribution is 2.24. The number of aromatic nitrogens is 1. The molecule has 4 fully saturated rings. The normalized spacial score (nSPS) is 32.6. The molecule has 0 unspecified atom stereocenters. The third-order valence-corrected chi connectivity index (χ3v) is 5.66. The molecule has 2 bridgehead atoms. The number of hydrogen-bond donors (Lipinski definition) is 0. The van der Waals surface area contributed by atoms with E-state index in [-0.39, 0.29) is 18.1 Å². The van der Waals surface area contributed by atoms with Gasteiger partial charge in [0.1, 0.15) is 5.69 Å². The fraction of sp³-hybridized carbons (Fsp3) is 0.684. The number of carbonyl (C=O) groups is 1. The van der Waals surface area contributed by atoms with Gasteiger partial charge in [-0.3, -0.25) is 9.78 Å². The van der Waals surface area contributed by atoms with Gasteiger partial charge in [0.25, 0.3) is 5.91 Å². The lowest BCUT2D eigenvalue weighted by molar-refractivity contribution is -0.00522. The van der Waals surface area contributed by atoms with Gasteiger partial charge in [-0.1, -0.05) is 0 Å². The van der Waals surface area contributed by atoms with Crippen molar-refractivity contribution >= 4 is 11.6 Å². The minimum Gasteiger partial charge on any atom is -0.372 e. The molecule has 0 spiro atoms. The third kappa shape index (κ3) is 3.51. The monoisotopic (exact) mass is 344 g/mol. The predicted octanol–water partition coefficient (Wildman–Crippen LogP) is 1.62. The smallest absolute Gasteiger partial charge is 0.272 e. The van der Waals surface area contributed by atoms with E-state index < -0.39 is 0 Å². The van der Waals surface area contributed by atoms with Crippen molar-refractivity contribution in [3.63, 3.8) is 0 Å². The number of rotatable bonds is 2. The highest BCUT2D eigenvalue weighted by atomic mass is 16.5. The molecule has 0 N–H and O–H groups in total. The molecule has 2 atom stereocenters. The second kappa shape index (κ2) is 6.92. The summed E-state index contributed by atoms with van der Waals surface area (Å²) in [6.07, 6.45) is 4.34. The van der Waals surface area contributed by atoms with Crippen LogP contribution in [0.25, 0.3) is 0 Å². The molecule has 25 heavy (non-hydrogen) atoms. The van der Waals surface area contributed by atoms with Gasteiger partial charge >= 0.3 is 0 Å². The van der Waals surface area contributed by atoms with E-state index in [9.17, 15) is 4.79 Å². The van der Waals surface area contributed by atoms with Gasteiger partial charge in [-0.15, -0.1) is 0 Å². The lowest BCUT2D eigenvalue weighted by Gasteiger charge is -2.37. The van der Waals surface area contributed by atoms with Gasteiger partial charge < -0.3 is 19.4 Å². The molecule has 1 aromatic rings. The van der Waals surface area contributed by atoms with Crippen molar-refractivity contribution in [3.05, 3.63) is 24.0 Å². The standard InChI is InChI=1S/C19H28N4O2/c1-14-12-22(13-15(2)25-14)17-3-6-20-18(11-17)19(24)23-10-9-21-7-4-16(23)5-8-21/h3,6,11,14-16H,4-5,7-10,12-13H2,1-2H3/t14-,15-/m0/s1. The number of fused-ring (bicyclic) bond motifs is 4. The topological polar surface area (TPSA) is 48.9 Å². The summed E-state index contributed by atoms with van der Waals surface area (Å²) >= 11 is 0. The van der Waals surface area contributed by atoms with E-state index >= 15 is 0 Å². The van der Waals surface area contributed by atoms with Gasteiger partial charge in [-0.2, -0.15) is 0 Å². The first-order valence-corrected chi connectivity index (χ1v) is 9.50. The molecule has 5 heterocycles. The Morgan fingerprint density at radius 2 is 1.84 bits per heavy atom. The van der Waals surface area contributed by atoms with Crippen molar-refractivity contribution < 1.29 is 9.53 Å². The van der Waals surface area contributed by atoms with Crippen molar-refractivity contribution in [2.45, 2.75) is 44.9 Å². The van der Waals surface area contributed by atoms with E-state index in [1.165, 1.54) is 0 Å². The van der Waals surface area contributed by atoms with Crippen LogP contribution in [0.3, 0.4) is 0 Å². The number of carbonyl (C=O) groups excluding carboxylic acids is 1. The van der Waals surface area contributed by atoms with Gasteiger partial charge in [0.15, 0.2) is 0 Å².